The van der Waals surface area contributed by atoms with Crippen molar-refractivity contribution in [2.75, 3.05) is 5.32 Å². The predicted octanol–water partition coefficient (Wildman–Crippen LogP) is 0.990. The van der Waals surface area contributed by atoms with E-state index in [9.17, 15) is 0 Å². The molecule has 2 N–H and O–H groups in total. The molecule has 0 atom stereocenters. The highest BCUT2D eigenvalue weighted by Crippen LogP contribution is 2.31. The fourth-order valence-corrected chi connectivity index (χ4v) is 1.39. The van der Waals surface area contributed by atoms with Crippen LogP contribution >= 0.6 is 0 Å². The zero-order valence-electron chi connectivity index (χ0n) is 6.16. The third-order valence-electron chi connectivity index (χ3n) is 1.99. The summed E-state index contributed by atoms with van der Waals surface area (Å²) in [6.07, 6.45) is 3.39. The monoisotopic (exact) mass is 162 g/mol. The molecule has 1 aliphatic heterocycles. The van der Waals surface area contributed by atoms with Gasteiger partial charge in [-0.1, -0.05) is 5.16 Å². The van der Waals surface area contributed by atoms with Gasteiger partial charge in [-0.05, 0) is 0 Å². The van der Waals surface area contributed by atoms with Crippen LogP contribution in [0.4, 0.5) is 5.82 Å². The number of hydrogen-bond donors (Lipinski definition) is 2. The highest BCUT2D eigenvalue weighted by atomic mass is 16.5. The van der Waals surface area contributed by atoms with E-state index in [-0.39, 0.29) is 0 Å². The van der Waals surface area contributed by atoms with Crippen LogP contribution in [0.15, 0.2) is 17.0 Å². The first kappa shape index (κ1) is 5.82. The Balaban J connectivity index is 2.32. The molecule has 0 aromatic carbocycles. The van der Waals surface area contributed by atoms with Crippen LogP contribution in [0.2, 0.25) is 0 Å². The molecule has 0 radical (unpaired) electrons. The van der Waals surface area contributed by atoms with Crippen molar-refractivity contribution in [2.45, 2.75) is 6.54 Å². The quantitative estimate of drug-likeness (QED) is 0.606. The fourth-order valence-electron chi connectivity index (χ4n) is 1.39. The first-order valence-corrected chi connectivity index (χ1v) is 3.66. The molecule has 3 heterocycles. The standard InChI is InChI=1S/C7H6N4O/c1-4-3-12-11-6(4)5-2-9-10-7(5)8-1/h2-3H,1H2,(H2,8,9,10). The van der Waals surface area contributed by atoms with E-state index in [0.717, 1.165) is 29.2 Å². The summed E-state index contributed by atoms with van der Waals surface area (Å²) in [7, 11) is 0. The summed E-state index contributed by atoms with van der Waals surface area (Å²) in [4.78, 5) is 0. The topological polar surface area (TPSA) is 66.7 Å². The molecule has 2 aromatic rings. The van der Waals surface area contributed by atoms with Gasteiger partial charge >= 0.3 is 0 Å². The number of nitrogens with one attached hydrogen (secondary N) is 2. The van der Waals surface area contributed by atoms with Crippen LogP contribution in [0.25, 0.3) is 11.3 Å². The zero-order chi connectivity index (χ0) is 7.97. The Morgan fingerprint density at radius 1 is 1.50 bits per heavy atom. The van der Waals surface area contributed by atoms with Crippen molar-refractivity contribution in [1.82, 2.24) is 15.4 Å². The maximum atomic E-state index is 4.86. The van der Waals surface area contributed by atoms with Crippen LogP contribution in [0.1, 0.15) is 5.56 Å². The average Bonchev–Trinajstić information content (AvgIpc) is 2.71. The minimum atomic E-state index is 0.744. The van der Waals surface area contributed by atoms with E-state index in [1.165, 1.54) is 0 Å². The van der Waals surface area contributed by atoms with Gasteiger partial charge in [0.1, 0.15) is 17.8 Å². The largest absolute Gasteiger partial charge is 0.366 e. The summed E-state index contributed by atoms with van der Waals surface area (Å²) in [5, 5.41) is 13.8. The van der Waals surface area contributed by atoms with Crippen molar-refractivity contribution >= 4 is 5.82 Å². The predicted molar refractivity (Wildman–Crippen MR) is 41.4 cm³/mol. The van der Waals surface area contributed by atoms with Gasteiger partial charge in [0.2, 0.25) is 0 Å². The van der Waals surface area contributed by atoms with E-state index in [0.29, 0.717) is 0 Å². The first-order valence-electron chi connectivity index (χ1n) is 3.66. The fraction of sp³-hybridized carbons (Fsp3) is 0.143. The van der Waals surface area contributed by atoms with Gasteiger partial charge in [-0.25, -0.2) is 0 Å². The van der Waals surface area contributed by atoms with Gasteiger partial charge in [-0.3, -0.25) is 5.10 Å². The van der Waals surface area contributed by atoms with Crippen molar-refractivity contribution in [3.63, 3.8) is 0 Å². The number of rotatable bonds is 0. The number of aromatic amines is 1. The van der Waals surface area contributed by atoms with Gasteiger partial charge in [0.25, 0.3) is 0 Å². The molecule has 12 heavy (non-hydrogen) atoms. The third kappa shape index (κ3) is 0.578. The molecule has 5 nitrogen and oxygen atoms in total. The second-order valence-corrected chi connectivity index (χ2v) is 2.70. The Morgan fingerprint density at radius 2 is 2.50 bits per heavy atom. The number of H-pyrrole nitrogens is 1. The van der Waals surface area contributed by atoms with Gasteiger partial charge in [0.05, 0.1) is 11.8 Å². The molecule has 0 aliphatic carbocycles. The lowest BCUT2D eigenvalue weighted by Crippen LogP contribution is -2.06. The molecule has 0 saturated heterocycles. The van der Waals surface area contributed by atoms with Crippen LogP contribution in [-0.2, 0) is 6.54 Å². The van der Waals surface area contributed by atoms with E-state index >= 15 is 0 Å². The molecular weight excluding hydrogens is 156 g/mol. The van der Waals surface area contributed by atoms with E-state index in [1.807, 2.05) is 0 Å². The summed E-state index contributed by atoms with van der Waals surface area (Å²) in [6.45, 7) is 0.744. The number of nitrogens with zero attached hydrogens (tertiary/aromatic N) is 2. The molecule has 0 saturated carbocycles. The third-order valence-corrected chi connectivity index (χ3v) is 1.99. The number of aromatic nitrogens is 3. The minimum Gasteiger partial charge on any atom is -0.366 e. The van der Waals surface area contributed by atoms with E-state index < -0.39 is 0 Å². The Hall–Kier alpha value is -1.78. The molecule has 2 aromatic heterocycles. The van der Waals surface area contributed by atoms with Crippen molar-refractivity contribution in [1.29, 1.82) is 0 Å². The van der Waals surface area contributed by atoms with Crippen molar-refractivity contribution < 1.29 is 4.52 Å². The summed E-state index contributed by atoms with van der Waals surface area (Å²) in [5.74, 6) is 0.913. The molecule has 0 unspecified atom stereocenters. The van der Waals surface area contributed by atoms with Gasteiger partial charge < -0.3 is 9.84 Å². The molecule has 0 bridgehead atoms. The minimum absolute atomic E-state index is 0.744. The highest BCUT2D eigenvalue weighted by molar-refractivity contribution is 5.76. The van der Waals surface area contributed by atoms with E-state index in [2.05, 4.69) is 20.7 Å². The first-order chi connectivity index (χ1) is 5.95. The Labute approximate surface area is 67.8 Å². The van der Waals surface area contributed by atoms with Crippen LogP contribution in [0.3, 0.4) is 0 Å². The molecule has 0 amide bonds. The Morgan fingerprint density at radius 3 is 3.50 bits per heavy atom. The number of hydrogen-bond acceptors (Lipinski definition) is 4. The van der Waals surface area contributed by atoms with Gasteiger partial charge in [0.15, 0.2) is 0 Å². The van der Waals surface area contributed by atoms with Crippen molar-refractivity contribution in [2.24, 2.45) is 0 Å². The summed E-state index contributed by atoms with van der Waals surface area (Å²) in [5.41, 5.74) is 2.94. The van der Waals surface area contributed by atoms with Crippen molar-refractivity contribution in [3.8, 4) is 11.3 Å². The highest BCUT2D eigenvalue weighted by Gasteiger charge is 2.20. The average molecular weight is 162 g/mol. The summed E-state index contributed by atoms with van der Waals surface area (Å²) in [6, 6.07) is 0. The Kier molecular flexibility index (Phi) is 0.910. The summed E-state index contributed by atoms with van der Waals surface area (Å²) >= 11 is 0. The number of fused-ring (bicyclic) bond motifs is 3. The molecular formula is C7H6N4O. The Bertz CT molecular complexity index is 376. The molecule has 60 valence electrons. The second kappa shape index (κ2) is 1.88. The SMILES string of the molecule is c1onc2c1CNc1[nH]ncc1-2. The van der Waals surface area contributed by atoms with Crippen molar-refractivity contribution in [3.05, 3.63) is 18.0 Å². The molecule has 3 rings (SSSR count). The lowest BCUT2D eigenvalue weighted by Gasteiger charge is -2.10. The zero-order valence-corrected chi connectivity index (χ0v) is 6.16. The van der Waals surface area contributed by atoms with E-state index in [4.69, 9.17) is 4.52 Å². The smallest absolute Gasteiger partial charge is 0.131 e. The maximum absolute atomic E-state index is 4.86. The van der Waals surface area contributed by atoms with Gasteiger partial charge in [-0.2, -0.15) is 5.10 Å². The number of anilines is 1. The molecule has 5 heteroatoms. The molecule has 0 fully saturated rings. The van der Waals surface area contributed by atoms with Crippen LogP contribution in [0.5, 0.6) is 0 Å². The normalized spacial score (nSPS) is 13.3. The van der Waals surface area contributed by atoms with Crippen LogP contribution < -0.4 is 5.32 Å². The lowest BCUT2D eigenvalue weighted by molar-refractivity contribution is 0.421. The van der Waals surface area contributed by atoms with Crippen LogP contribution in [-0.4, -0.2) is 15.4 Å². The maximum Gasteiger partial charge on any atom is 0.131 e. The van der Waals surface area contributed by atoms with E-state index in [1.54, 1.807) is 12.5 Å². The summed E-state index contributed by atoms with van der Waals surface area (Å²) < 4.78 is 4.86. The molecule has 1 aliphatic rings. The van der Waals surface area contributed by atoms with Gasteiger partial charge in [-0.15, -0.1) is 0 Å². The lowest BCUT2D eigenvalue weighted by atomic mass is 10.1. The van der Waals surface area contributed by atoms with Gasteiger partial charge in [0, 0.05) is 12.1 Å². The molecule has 0 spiro atoms. The second-order valence-electron chi connectivity index (χ2n) is 2.70. The van der Waals surface area contributed by atoms with Crippen LogP contribution in [0, 0.1) is 0 Å².